The van der Waals surface area contributed by atoms with Gasteiger partial charge in [-0.15, -0.1) is 11.3 Å². The number of aromatic nitrogens is 2. The van der Waals surface area contributed by atoms with Crippen molar-refractivity contribution in [3.63, 3.8) is 0 Å². The van der Waals surface area contributed by atoms with E-state index < -0.39 is 24.2 Å². The normalized spacial score (nSPS) is 11.4. The highest BCUT2D eigenvalue weighted by atomic mass is 35.5. The zero-order valence-electron chi connectivity index (χ0n) is 15.6. The third-order valence-corrected chi connectivity index (χ3v) is 6.08. The maximum Gasteiger partial charge on any atom is 0.339 e. The Bertz CT molecular complexity index is 1280. The molecule has 154 valence electrons. The quantitative estimate of drug-likeness (QED) is 0.445. The molecule has 0 aliphatic rings. The number of aliphatic hydroxyl groups is 1. The fourth-order valence-corrected chi connectivity index (χ4v) is 4.94. The summed E-state index contributed by atoms with van der Waals surface area (Å²) in [5.74, 6) is -2.09. The number of aliphatic hydroxyl groups excluding tert-OH is 1. The number of benzene rings is 2. The van der Waals surface area contributed by atoms with Gasteiger partial charge in [0.15, 0.2) is 0 Å². The predicted octanol–water partition coefficient (Wildman–Crippen LogP) is 5.11. The summed E-state index contributed by atoms with van der Waals surface area (Å²) >= 11 is 7.21. The van der Waals surface area contributed by atoms with Crippen LogP contribution in [-0.2, 0) is 13.0 Å². The summed E-state index contributed by atoms with van der Waals surface area (Å²) in [5, 5.41) is 24.1. The largest absolute Gasteiger partial charge is 0.478 e. The van der Waals surface area contributed by atoms with Crippen molar-refractivity contribution in [1.29, 1.82) is 0 Å². The Hall–Kier alpha value is -2.81. The summed E-state index contributed by atoms with van der Waals surface area (Å²) in [6.07, 6.45) is 0.348. The molecule has 2 aromatic heterocycles. The minimum absolute atomic E-state index is 0.0823. The molecule has 0 spiro atoms. The van der Waals surface area contributed by atoms with Gasteiger partial charge in [-0.25, -0.2) is 18.3 Å². The number of fused-ring (bicyclic) bond motifs is 1. The minimum Gasteiger partial charge on any atom is -0.478 e. The molecular weight excluding hydrogens is 434 g/mol. The highest BCUT2D eigenvalue weighted by Gasteiger charge is 2.23. The van der Waals surface area contributed by atoms with Gasteiger partial charge in [0.05, 0.1) is 28.4 Å². The molecule has 0 atom stereocenters. The Morgan fingerprint density at radius 3 is 2.67 bits per heavy atom. The second kappa shape index (κ2) is 7.79. The molecule has 30 heavy (non-hydrogen) atoms. The summed E-state index contributed by atoms with van der Waals surface area (Å²) in [6, 6.07) is 8.66. The Labute approximate surface area is 178 Å². The van der Waals surface area contributed by atoms with Crippen molar-refractivity contribution in [2.75, 3.05) is 0 Å². The smallest absolute Gasteiger partial charge is 0.339 e. The molecule has 2 heterocycles. The average Bonchev–Trinajstić information content (AvgIpc) is 3.22. The molecule has 0 saturated carbocycles. The maximum absolute atomic E-state index is 14.5. The van der Waals surface area contributed by atoms with E-state index >= 15 is 0 Å². The molecule has 0 unspecified atom stereocenters. The van der Waals surface area contributed by atoms with Gasteiger partial charge in [0.2, 0.25) is 0 Å². The lowest BCUT2D eigenvalue weighted by Crippen LogP contribution is -2.07. The van der Waals surface area contributed by atoms with Crippen molar-refractivity contribution in [2.24, 2.45) is 0 Å². The van der Waals surface area contributed by atoms with E-state index in [0.29, 0.717) is 27.8 Å². The molecule has 4 aromatic rings. The lowest BCUT2D eigenvalue weighted by molar-refractivity contribution is 0.0692. The van der Waals surface area contributed by atoms with E-state index in [0.717, 1.165) is 4.88 Å². The number of carbonyl (C=O) groups is 1. The van der Waals surface area contributed by atoms with Crippen molar-refractivity contribution in [3.8, 4) is 5.69 Å². The van der Waals surface area contributed by atoms with E-state index in [1.54, 1.807) is 12.1 Å². The monoisotopic (exact) mass is 448 g/mol. The second-order valence-electron chi connectivity index (χ2n) is 6.76. The standard InChI is InChI=1S/C21H15ClF2N2O3S/c1-10-19(21(28)29)18(9-27)26(25-10)17-3-2-16(24)15-8-14(30-20(15)17)6-11-4-12(22)7-13(23)5-11/h2-5,7-8,27H,6,9H2,1H3,(H,28,29). The van der Waals surface area contributed by atoms with Gasteiger partial charge in [-0.2, -0.15) is 5.10 Å². The topological polar surface area (TPSA) is 75.3 Å². The van der Waals surface area contributed by atoms with Gasteiger partial charge in [-0.3, -0.25) is 0 Å². The number of aromatic carboxylic acids is 1. The maximum atomic E-state index is 14.5. The number of aryl methyl sites for hydroxylation is 1. The molecule has 0 radical (unpaired) electrons. The van der Waals surface area contributed by atoms with Crippen molar-refractivity contribution >= 4 is 39.0 Å². The van der Waals surface area contributed by atoms with Crippen LogP contribution in [0.2, 0.25) is 5.02 Å². The Balaban J connectivity index is 1.86. The summed E-state index contributed by atoms with van der Waals surface area (Å²) in [5.41, 5.74) is 1.38. The molecule has 2 aromatic carbocycles. The number of thiophene rings is 1. The van der Waals surface area contributed by atoms with Crippen LogP contribution in [0.25, 0.3) is 15.8 Å². The molecule has 0 fully saturated rings. The van der Waals surface area contributed by atoms with Crippen LogP contribution in [-0.4, -0.2) is 26.0 Å². The van der Waals surface area contributed by atoms with Crippen LogP contribution in [0.1, 0.15) is 32.2 Å². The van der Waals surface area contributed by atoms with Crippen molar-refractivity contribution in [3.05, 3.63) is 80.4 Å². The Kier molecular flexibility index (Phi) is 5.31. The highest BCUT2D eigenvalue weighted by Crippen LogP contribution is 2.35. The fraction of sp³-hybridized carbons (Fsp3) is 0.143. The lowest BCUT2D eigenvalue weighted by Gasteiger charge is -2.08. The summed E-state index contributed by atoms with van der Waals surface area (Å²) < 4.78 is 30.0. The molecule has 0 bridgehead atoms. The van der Waals surface area contributed by atoms with Crippen LogP contribution in [0.15, 0.2) is 36.4 Å². The number of carboxylic acid groups (broad SMARTS) is 1. The zero-order valence-corrected chi connectivity index (χ0v) is 17.2. The van der Waals surface area contributed by atoms with Gasteiger partial charge in [-0.1, -0.05) is 11.6 Å². The fourth-order valence-electron chi connectivity index (χ4n) is 3.49. The number of nitrogens with zero attached hydrogens (tertiary/aromatic N) is 2. The van der Waals surface area contributed by atoms with Gasteiger partial charge < -0.3 is 10.2 Å². The lowest BCUT2D eigenvalue weighted by atomic mass is 10.1. The number of halogens is 3. The van der Waals surface area contributed by atoms with E-state index in [4.69, 9.17) is 11.6 Å². The van der Waals surface area contributed by atoms with Gasteiger partial charge >= 0.3 is 5.97 Å². The summed E-state index contributed by atoms with van der Waals surface area (Å²) in [6.45, 7) is 0.995. The first-order chi connectivity index (χ1) is 14.3. The number of hydrogen-bond donors (Lipinski definition) is 2. The van der Waals surface area contributed by atoms with Crippen LogP contribution in [0, 0.1) is 18.6 Å². The second-order valence-corrected chi connectivity index (χ2v) is 8.33. The first kappa shape index (κ1) is 20.5. The summed E-state index contributed by atoms with van der Waals surface area (Å²) in [7, 11) is 0. The molecule has 5 nitrogen and oxygen atoms in total. The third kappa shape index (κ3) is 3.58. The van der Waals surface area contributed by atoms with E-state index in [-0.39, 0.29) is 22.0 Å². The van der Waals surface area contributed by atoms with E-state index in [2.05, 4.69) is 5.10 Å². The number of carboxylic acids is 1. The van der Waals surface area contributed by atoms with Crippen LogP contribution in [0.5, 0.6) is 0 Å². The van der Waals surface area contributed by atoms with Crippen LogP contribution in [0.3, 0.4) is 0 Å². The van der Waals surface area contributed by atoms with Crippen LogP contribution in [0.4, 0.5) is 8.78 Å². The molecule has 0 saturated heterocycles. The average molecular weight is 449 g/mol. The van der Waals surface area contributed by atoms with E-state index in [1.165, 1.54) is 47.2 Å². The van der Waals surface area contributed by atoms with Gasteiger partial charge in [-0.05, 0) is 48.9 Å². The van der Waals surface area contributed by atoms with Crippen LogP contribution >= 0.6 is 22.9 Å². The molecule has 0 aliphatic heterocycles. The first-order valence-corrected chi connectivity index (χ1v) is 10.1. The molecular formula is C21H15ClF2N2O3S. The van der Waals surface area contributed by atoms with Crippen molar-refractivity contribution in [1.82, 2.24) is 9.78 Å². The molecule has 0 amide bonds. The first-order valence-electron chi connectivity index (χ1n) is 8.87. The minimum atomic E-state index is -1.20. The third-order valence-electron chi connectivity index (χ3n) is 4.71. The van der Waals surface area contributed by atoms with Gasteiger partial charge in [0.1, 0.15) is 17.2 Å². The SMILES string of the molecule is Cc1nn(-c2ccc(F)c3cc(Cc4cc(F)cc(Cl)c4)sc23)c(CO)c1C(=O)O. The number of rotatable bonds is 5. The van der Waals surface area contributed by atoms with E-state index in [9.17, 15) is 23.8 Å². The molecule has 9 heteroatoms. The zero-order chi connectivity index (χ0) is 21.6. The highest BCUT2D eigenvalue weighted by molar-refractivity contribution is 7.19. The Morgan fingerprint density at radius 2 is 2.00 bits per heavy atom. The van der Waals surface area contributed by atoms with Gasteiger partial charge in [0.25, 0.3) is 0 Å². The van der Waals surface area contributed by atoms with Crippen LogP contribution < -0.4 is 0 Å². The van der Waals surface area contributed by atoms with Crippen molar-refractivity contribution in [2.45, 2.75) is 20.0 Å². The summed E-state index contributed by atoms with van der Waals surface area (Å²) in [4.78, 5) is 12.3. The van der Waals surface area contributed by atoms with Crippen molar-refractivity contribution < 1.29 is 23.8 Å². The Morgan fingerprint density at radius 1 is 1.23 bits per heavy atom. The molecule has 4 rings (SSSR count). The molecule has 2 N–H and O–H groups in total. The molecule has 0 aliphatic carbocycles. The predicted molar refractivity (Wildman–Crippen MR) is 111 cm³/mol. The van der Waals surface area contributed by atoms with E-state index in [1.807, 2.05) is 0 Å². The number of hydrogen-bond acceptors (Lipinski definition) is 4. The van der Waals surface area contributed by atoms with Gasteiger partial charge in [0, 0.05) is 21.7 Å².